The maximum atomic E-state index is 11.8. The molecule has 5 heteroatoms. The van der Waals surface area contributed by atoms with Crippen LogP contribution in [-0.2, 0) is 4.74 Å². The molecule has 0 aliphatic rings. The van der Waals surface area contributed by atoms with Gasteiger partial charge in [-0.3, -0.25) is 4.79 Å². The molecular formula is C11H17N3O2. The second-order valence-corrected chi connectivity index (χ2v) is 3.35. The largest absolute Gasteiger partial charge is 0.383 e. The first-order chi connectivity index (χ1) is 7.69. The van der Waals surface area contributed by atoms with Gasteiger partial charge in [0, 0.05) is 26.4 Å². The van der Waals surface area contributed by atoms with E-state index in [1.54, 1.807) is 20.2 Å². The molecule has 2 N–H and O–H groups in total. The van der Waals surface area contributed by atoms with Crippen molar-refractivity contribution in [3.8, 4) is 0 Å². The van der Waals surface area contributed by atoms with Gasteiger partial charge in [-0.05, 0) is 19.1 Å². The van der Waals surface area contributed by atoms with Gasteiger partial charge in [0.15, 0.2) is 0 Å². The molecule has 1 rings (SSSR count). The standard InChI is InChI=1S/C11H17N3O2/c1-8-4-5-9(10(12-2)14-8)11(15)13-6-7-16-3/h4-5H,6-7H2,1-3H3,(H,12,14)(H,13,15). The fourth-order valence-corrected chi connectivity index (χ4v) is 1.29. The SMILES string of the molecule is CNc1nc(C)ccc1C(=O)NCCOC. The van der Waals surface area contributed by atoms with E-state index < -0.39 is 0 Å². The van der Waals surface area contributed by atoms with Crippen molar-refractivity contribution in [2.45, 2.75) is 6.92 Å². The number of anilines is 1. The highest BCUT2D eigenvalue weighted by Gasteiger charge is 2.11. The van der Waals surface area contributed by atoms with Crippen LogP contribution in [0.2, 0.25) is 0 Å². The van der Waals surface area contributed by atoms with Crippen molar-refractivity contribution < 1.29 is 9.53 Å². The number of nitrogens with one attached hydrogen (secondary N) is 2. The van der Waals surface area contributed by atoms with Crippen molar-refractivity contribution in [1.82, 2.24) is 10.3 Å². The lowest BCUT2D eigenvalue weighted by Crippen LogP contribution is -2.27. The fourth-order valence-electron chi connectivity index (χ4n) is 1.29. The number of carbonyl (C=O) groups excluding carboxylic acids is 1. The molecule has 16 heavy (non-hydrogen) atoms. The second kappa shape index (κ2) is 6.07. The molecule has 1 heterocycles. The Kier molecular flexibility index (Phi) is 4.72. The van der Waals surface area contributed by atoms with Crippen molar-refractivity contribution >= 4 is 11.7 Å². The molecule has 88 valence electrons. The highest BCUT2D eigenvalue weighted by atomic mass is 16.5. The quantitative estimate of drug-likeness (QED) is 0.725. The van der Waals surface area contributed by atoms with Crippen LogP contribution in [0.3, 0.4) is 0 Å². The van der Waals surface area contributed by atoms with Crippen LogP contribution in [-0.4, -0.2) is 38.2 Å². The van der Waals surface area contributed by atoms with Crippen LogP contribution in [0.1, 0.15) is 16.1 Å². The first-order valence-corrected chi connectivity index (χ1v) is 5.11. The minimum absolute atomic E-state index is 0.145. The van der Waals surface area contributed by atoms with Gasteiger partial charge in [0.1, 0.15) is 5.82 Å². The molecule has 5 nitrogen and oxygen atoms in total. The topological polar surface area (TPSA) is 63.2 Å². The number of nitrogens with zero attached hydrogens (tertiary/aromatic N) is 1. The van der Waals surface area contributed by atoms with E-state index in [0.29, 0.717) is 24.5 Å². The molecule has 1 aromatic heterocycles. The van der Waals surface area contributed by atoms with E-state index in [1.165, 1.54) is 0 Å². The van der Waals surface area contributed by atoms with Crippen LogP contribution < -0.4 is 10.6 Å². The summed E-state index contributed by atoms with van der Waals surface area (Å²) in [6.45, 7) is 2.87. The Morgan fingerprint density at radius 3 is 2.88 bits per heavy atom. The smallest absolute Gasteiger partial charge is 0.255 e. The summed E-state index contributed by atoms with van der Waals surface area (Å²) in [4.78, 5) is 16.0. The first-order valence-electron chi connectivity index (χ1n) is 5.11. The molecule has 0 aliphatic heterocycles. The van der Waals surface area contributed by atoms with Crippen LogP contribution in [0.5, 0.6) is 0 Å². The highest BCUT2D eigenvalue weighted by Crippen LogP contribution is 2.12. The van der Waals surface area contributed by atoms with Crippen molar-refractivity contribution in [2.75, 3.05) is 32.6 Å². The number of ether oxygens (including phenoxy) is 1. The zero-order valence-electron chi connectivity index (χ0n) is 9.83. The molecule has 0 atom stereocenters. The minimum Gasteiger partial charge on any atom is -0.383 e. The molecule has 0 aliphatic carbocycles. The van der Waals surface area contributed by atoms with Crippen LogP contribution in [0.15, 0.2) is 12.1 Å². The van der Waals surface area contributed by atoms with E-state index in [2.05, 4.69) is 15.6 Å². The minimum atomic E-state index is -0.145. The normalized spacial score (nSPS) is 9.94. The lowest BCUT2D eigenvalue weighted by atomic mass is 10.2. The van der Waals surface area contributed by atoms with Crippen molar-refractivity contribution in [3.63, 3.8) is 0 Å². The number of amides is 1. The molecular weight excluding hydrogens is 206 g/mol. The molecule has 1 aromatic rings. The van der Waals surface area contributed by atoms with E-state index >= 15 is 0 Å². The van der Waals surface area contributed by atoms with E-state index in [-0.39, 0.29) is 5.91 Å². The molecule has 0 saturated carbocycles. The Labute approximate surface area is 95.2 Å². The summed E-state index contributed by atoms with van der Waals surface area (Å²) in [7, 11) is 3.34. The van der Waals surface area contributed by atoms with Gasteiger partial charge >= 0.3 is 0 Å². The van der Waals surface area contributed by atoms with Crippen molar-refractivity contribution in [3.05, 3.63) is 23.4 Å². The number of hydrogen-bond donors (Lipinski definition) is 2. The molecule has 0 aromatic carbocycles. The van der Waals surface area contributed by atoms with Crippen LogP contribution in [0.4, 0.5) is 5.82 Å². The van der Waals surface area contributed by atoms with E-state index in [9.17, 15) is 4.79 Å². The van der Waals surface area contributed by atoms with Crippen LogP contribution in [0.25, 0.3) is 0 Å². The van der Waals surface area contributed by atoms with Crippen molar-refractivity contribution in [1.29, 1.82) is 0 Å². The summed E-state index contributed by atoms with van der Waals surface area (Å²) in [5, 5.41) is 5.65. The fraction of sp³-hybridized carbons (Fsp3) is 0.455. The summed E-state index contributed by atoms with van der Waals surface area (Å²) in [6.07, 6.45) is 0. The third-order valence-corrected chi connectivity index (χ3v) is 2.11. The maximum Gasteiger partial charge on any atom is 0.255 e. The molecule has 0 fully saturated rings. The predicted molar refractivity (Wildman–Crippen MR) is 62.7 cm³/mol. The summed E-state index contributed by atoms with van der Waals surface area (Å²) in [6, 6.07) is 3.57. The maximum absolute atomic E-state index is 11.8. The first kappa shape index (κ1) is 12.4. The lowest BCUT2D eigenvalue weighted by molar-refractivity contribution is 0.0937. The average molecular weight is 223 g/mol. The number of rotatable bonds is 5. The Bertz CT molecular complexity index is 366. The molecule has 0 saturated heterocycles. The zero-order valence-corrected chi connectivity index (χ0v) is 9.83. The average Bonchev–Trinajstić information content (AvgIpc) is 2.29. The lowest BCUT2D eigenvalue weighted by Gasteiger charge is -2.09. The van der Waals surface area contributed by atoms with E-state index in [4.69, 9.17) is 4.74 Å². The van der Waals surface area contributed by atoms with Gasteiger partial charge in [-0.2, -0.15) is 0 Å². The second-order valence-electron chi connectivity index (χ2n) is 3.35. The number of pyridine rings is 1. The van der Waals surface area contributed by atoms with Crippen LogP contribution in [0, 0.1) is 6.92 Å². The monoisotopic (exact) mass is 223 g/mol. The Morgan fingerprint density at radius 1 is 1.50 bits per heavy atom. The Morgan fingerprint density at radius 2 is 2.25 bits per heavy atom. The number of methoxy groups -OCH3 is 1. The summed E-state index contributed by atoms with van der Waals surface area (Å²) >= 11 is 0. The van der Waals surface area contributed by atoms with Gasteiger partial charge in [-0.15, -0.1) is 0 Å². The zero-order chi connectivity index (χ0) is 12.0. The van der Waals surface area contributed by atoms with Gasteiger partial charge in [0.05, 0.1) is 12.2 Å². The van der Waals surface area contributed by atoms with E-state index in [0.717, 1.165) is 5.69 Å². The van der Waals surface area contributed by atoms with Crippen molar-refractivity contribution in [2.24, 2.45) is 0 Å². The van der Waals surface area contributed by atoms with Gasteiger partial charge in [-0.25, -0.2) is 4.98 Å². The van der Waals surface area contributed by atoms with Crippen LogP contribution >= 0.6 is 0 Å². The molecule has 0 spiro atoms. The number of carbonyl (C=O) groups is 1. The van der Waals surface area contributed by atoms with Gasteiger partial charge in [0.25, 0.3) is 5.91 Å². The molecule has 0 unspecified atom stereocenters. The number of aromatic nitrogens is 1. The predicted octanol–water partition coefficient (Wildman–Crippen LogP) is 0.808. The molecule has 0 bridgehead atoms. The van der Waals surface area contributed by atoms with Gasteiger partial charge in [-0.1, -0.05) is 0 Å². The summed E-state index contributed by atoms with van der Waals surface area (Å²) in [5.41, 5.74) is 1.42. The van der Waals surface area contributed by atoms with Gasteiger partial charge < -0.3 is 15.4 Å². The third-order valence-electron chi connectivity index (χ3n) is 2.11. The third kappa shape index (κ3) is 3.20. The molecule has 1 amide bonds. The molecule has 0 radical (unpaired) electrons. The number of hydrogen-bond acceptors (Lipinski definition) is 4. The Balaban J connectivity index is 2.74. The number of aryl methyl sites for hydroxylation is 1. The van der Waals surface area contributed by atoms with E-state index in [1.807, 2.05) is 13.0 Å². The summed E-state index contributed by atoms with van der Waals surface area (Å²) in [5.74, 6) is 0.448. The van der Waals surface area contributed by atoms with Gasteiger partial charge in [0.2, 0.25) is 0 Å². The summed E-state index contributed by atoms with van der Waals surface area (Å²) < 4.78 is 4.86. The highest BCUT2D eigenvalue weighted by molar-refractivity contribution is 5.98. The Hall–Kier alpha value is -1.62.